The summed E-state index contributed by atoms with van der Waals surface area (Å²) in [4.78, 5) is 0. The topological polar surface area (TPSA) is 0 Å². The van der Waals surface area contributed by atoms with Crippen LogP contribution in [0.2, 0.25) is 5.02 Å². The molecule has 0 aliphatic carbocycles. The highest BCUT2D eigenvalue weighted by Crippen LogP contribution is 2.15. The smallest absolute Gasteiger partial charge is 0.141 e. The SMILES string of the molecule is [CH2]Cc1ccc(F)c(Cl)c1. The Morgan fingerprint density at radius 1 is 1.50 bits per heavy atom. The molecule has 0 aromatic heterocycles. The molecular formula is C8H7ClF. The lowest BCUT2D eigenvalue weighted by Gasteiger charge is -1.96. The van der Waals surface area contributed by atoms with Crippen LogP contribution in [0.1, 0.15) is 5.56 Å². The predicted molar refractivity (Wildman–Crippen MR) is 40.5 cm³/mol. The van der Waals surface area contributed by atoms with E-state index in [1.54, 1.807) is 12.1 Å². The predicted octanol–water partition coefficient (Wildman–Crippen LogP) is 2.86. The van der Waals surface area contributed by atoms with Crippen molar-refractivity contribution >= 4 is 11.6 Å². The first-order valence-electron chi connectivity index (χ1n) is 2.97. The lowest BCUT2D eigenvalue weighted by Crippen LogP contribution is -1.81. The van der Waals surface area contributed by atoms with E-state index >= 15 is 0 Å². The minimum atomic E-state index is -0.376. The van der Waals surface area contributed by atoms with Crippen LogP contribution in [-0.4, -0.2) is 0 Å². The Morgan fingerprint density at radius 2 is 2.20 bits per heavy atom. The largest absolute Gasteiger partial charge is 0.205 e. The van der Waals surface area contributed by atoms with Crippen LogP contribution in [-0.2, 0) is 6.42 Å². The molecule has 0 fully saturated rings. The Hall–Kier alpha value is -0.560. The van der Waals surface area contributed by atoms with Gasteiger partial charge in [0.15, 0.2) is 0 Å². The highest BCUT2D eigenvalue weighted by atomic mass is 35.5. The second-order valence-electron chi connectivity index (χ2n) is 2.00. The second-order valence-corrected chi connectivity index (χ2v) is 2.41. The maximum atomic E-state index is 12.5. The van der Waals surface area contributed by atoms with Crippen molar-refractivity contribution in [2.75, 3.05) is 0 Å². The van der Waals surface area contributed by atoms with Crippen LogP contribution >= 0.6 is 11.6 Å². The number of benzene rings is 1. The van der Waals surface area contributed by atoms with Gasteiger partial charge in [0, 0.05) is 0 Å². The van der Waals surface area contributed by atoms with E-state index in [1.165, 1.54) is 6.07 Å². The van der Waals surface area contributed by atoms with Crippen molar-refractivity contribution in [2.24, 2.45) is 0 Å². The summed E-state index contributed by atoms with van der Waals surface area (Å²) in [6.45, 7) is 3.65. The van der Waals surface area contributed by atoms with Crippen molar-refractivity contribution in [3.8, 4) is 0 Å². The van der Waals surface area contributed by atoms with Gasteiger partial charge in [-0.15, -0.1) is 0 Å². The zero-order valence-electron chi connectivity index (χ0n) is 5.40. The first-order chi connectivity index (χ1) is 4.74. The zero-order chi connectivity index (χ0) is 7.56. The molecule has 0 amide bonds. The van der Waals surface area contributed by atoms with Crippen LogP contribution in [0.4, 0.5) is 4.39 Å². The Balaban J connectivity index is 3.04. The van der Waals surface area contributed by atoms with Gasteiger partial charge in [-0.05, 0) is 31.0 Å². The Labute approximate surface area is 64.6 Å². The number of hydrogen-bond acceptors (Lipinski definition) is 0. The van der Waals surface area contributed by atoms with E-state index in [0.717, 1.165) is 5.56 Å². The Morgan fingerprint density at radius 3 is 2.70 bits per heavy atom. The standard InChI is InChI=1S/C8H7ClF/c1-2-6-3-4-8(10)7(9)5-6/h3-5H,1-2H2. The van der Waals surface area contributed by atoms with Gasteiger partial charge in [-0.2, -0.15) is 0 Å². The molecule has 0 bridgehead atoms. The summed E-state index contributed by atoms with van der Waals surface area (Å²) in [7, 11) is 0. The summed E-state index contributed by atoms with van der Waals surface area (Å²) in [5.41, 5.74) is 0.950. The van der Waals surface area contributed by atoms with E-state index in [4.69, 9.17) is 11.6 Å². The number of rotatable bonds is 1. The van der Waals surface area contributed by atoms with Crippen molar-refractivity contribution < 1.29 is 4.39 Å². The summed E-state index contributed by atoms with van der Waals surface area (Å²) in [5, 5.41) is 0.168. The van der Waals surface area contributed by atoms with Gasteiger partial charge in [0.1, 0.15) is 5.82 Å². The molecule has 0 aliphatic heterocycles. The van der Waals surface area contributed by atoms with Crippen LogP contribution in [0, 0.1) is 12.7 Å². The van der Waals surface area contributed by atoms with Crippen molar-refractivity contribution in [3.05, 3.63) is 41.5 Å². The van der Waals surface area contributed by atoms with Crippen LogP contribution in [0.25, 0.3) is 0 Å². The summed E-state index contributed by atoms with van der Waals surface area (Å²) >= 11 is 5.49. The van der Waals surface area contributed by atoms with Crippen molar-refractivity contribution in [3.63, 3.8) is 0 Å². The van der Waals surface area contributed by atoms with Crippen molar-refractivity contribution in [2.45, 2.75) is 6.42 Å². The van der Waals surface area contributed by atoms with Gasteiger partial charge in [0.2, 0.25) is 0 Å². The molecule has 2 heteroatoms. The van der Waals surface area contributed by atoms with E-state index in [9.17, 15) is 4.39 Å². The third kappa shape index (κ3) is 1.48. The van der Waals surface area contributed by atoms with Gasteiger partial charge < -0.3 is 0 Å². The maximum Gasteiger partial charge on any atom is 0.141 e. The van der Waals surface area contributed by atoms with Crippen LogP contribution in [0.5, 0.6) is 0 Å². The van der Waals surface area contributed by atoms with E-state index in [2.05, 4.69) is 6.92 Å². The molecule has 10 heavy (non-hydrogen) atoms. The van der Waals surface area contributed by atoms with Crippen molar-refractivity contribution in [1.82, 2.24) is 0 Å². The fourth-order valence-electron chi connectivity index (χ4n) is 0.695. The molecule has 0 spiro atoms. The molecule has 53 valence electrons. The molecule has 0 saturated carbocycles. The second kappa shape index (κ2) is 3.02. The fourth-order valence-corrected chi connectivity index (χ4v) is 0.898. The van der Waals surface area contributed by atoms with Gasteiger partial charge in [-0.25, -0.2) is 4.39 Å². The molecule has 0 atom stereocenters. The lowest BCUT2D eigenvalue weighted by atomic mass is 10.2. The number of hydrogen-bond donors (Lipinski definition) is 0. The van der Waals surface area contributed by atoms with Gasteiger partial charge >= 0.3 is 0 Å². The summed E-state index contributed by atoms with van der Waals surface area (Å²) in [5.74, 6) is -0.376. The molecule has 1 aromatic carbocycles. The van der Waals surface area contributed by atoms with E-state index in [1.807, 2.05) is 0 Å². The fraction of sp³-hybridized carbons (Fsp3) is 0.125. The molecule has 0 nitrogen and oxygen atoms in total. The summed E-state index contributed by atoms with van der Waals surface area (Å²) in [6, 6.07) is 4.61. The Bertz CT molecular complexity index is 233. The third-order valence-electron chi connectivity index (χ3n) is 1.27. The average Bonchev–Trinajstić information content (AvgIpc) is 1.95. The summed E-state index contributed by atoms with van der Waals surface area (Å²) in [6.07, 6.45) is 0.639. The molecular weight excluding hydrogens is 151 g/mol. The van der Waals surface area contributed by atoms with Gasteiger partial charge in [0.25, 0.3) is 0 Å². The van der Waals surface area contributed by atoms with Gasteiger partial charge in [-0.3, -0.25) is 0 Å². The van der Waals surface area contributed by atoms with Crippen molar-refractivity contribution in [1.29, 1.82) is 0 Å². The number of halogens is 2. The highest BCUT2D eigenvalue weighted by Gasteiger charge is 1.97. The first-order valence-corrected chi connectivity index (χ1v) is 3.35. The molecule has 0 heterocycles. The molecule has 1 rings (SSSR count). The first kappa shape index (κ1) is 7.55. The molecule has 0 N–H and O–H groups in total. The van der Waals surface area contributed by atoms with Crippen LogP contribution < -0.4 is 0 Å². The highest BCUT2D eigenvalue weighted by molar-refractivity contribution is 6.30. The normalized spacial score (nSPS) is 9.90. The third-order valence-corrected chi connectivity index (χ3v) is 1.56. The van der Waals surface area contributed by atoms with E-state index in [0.29, 0.717) is 6.42 Å². The molecule has 0 saturated heterocycles. The van der Waals surface area contributed by atoms with Crippen LogP contribution in [0.15, 0.2) is 18.2 Å². The van der Waals surface area contributed by atoms with E-state index < -0.39 is 0 Å². The quantitative estimate of drug-likeness (QED) is 0.588. The summed E-state index contributed by atoms with van der Waals surface area (Å²) < 4.78 is 12.5. The monoisotopic (exact) mass is 157 g/mol. The molecule has 0 aliphatic rings. The van der Waals surface area contributed by atoms with E-state index in [-0.39, 0.29) is 10.8 Å². The molecule has 1 radical (unpaired) electrons. The Kier molecular flexibility index (Phi) is 2.28. The minimum Gasteiger partial charge on any atom is -0.205 e. The minimum absolute atomic E-state index is 0.168. The van der Waals surface area contributed by atoms with Gasteiger partial charge in [-0.1, -0.05) is 17.7 Å². The molecule has 0 unspecified atom stereocenters. The molecule has 1 aromatic rings. The lowest BCUT2D eigenvalue weighted by molar-refractivity contribution is 0.627. The van der Waals surface area contributed by atoms with Crippen LogP contribution in [0.3, 0.4) is 0 Å². The average molecular weight is 158 g/mol. The maximum absolute atomic E-state index is 12.5. The van der Waals surface area contributed by atoms with Gasteiger partial charge in [0.05, 0.1) is 5.02 Å². The zero-order valence-corrected chi connectivity index (χ0v) is 6.16.